The number of carbonyl (C=O) groups is 1. The predicted octanol–water partition coefficient (Wildman–Crippen LogP) is 2.71. The van der Waals surface area contributed by atoms with Crippen LogP contribution in [0.3, 0.4) is 0 Å². The number of nitrogens with one attached hydrogen (secondary N) is 1. The van der Waals surface area contributed by atoms with Crippen molar-refractivity contribution in [3.05, 3.63) is 96.1 Å². The van der Waals surface area contributed by atoms with Gasteiger partial charge in [-0.2, -0.15) is 5.10 Å². The van der Waals surface area contributed by atoms with E-state index in [0.717, 1.165) is 23.0 Å². The molecule has 0 fully saturated rings. The minimum absolute atomic E-state index is 0.0994. The maximum atomic E-state index is 14.3. The number of aromatic nitrogens is 6. The van der Waals surface area contributed by atoms with E-state index >= 15 is 0 Å². The molecule has 0 saturated carbocycles. The van der Waals surface area contributed by atoms with E-state index in [4.69, 9.17) is 5.73 Å². The number of fused-ring (bicyclic) bond motifs is 1. The van der Waals surface area contributed by atoms with E-state index in [2.05, 4.69) is 25.4 Å². The fourth-order valence-electron chi connectivity index (χ4n) is 3.55. The number of nitrogens with two attached hydrogens (primary N) is 1. The number of imidazole rings is 1. The number of nitrogen functional groups attached to an aromatic ring is 1. The monoisotopic (exact) mass is 442 g/mol. The van der Waals surface area contributed by atoms with Gasteiger partial charge in [-0.05, 0) is 23.3 Å². The van der Waals surface area contributed by atoms with E-state index in [1.807, 2.05) is 54.6 Å². The zero-order chi connectivity index (χ0) is 22.8. The Balaban J connectivity index is 1.29. The lowest BCUT2D eigenvalue weighted by Crippen LogP contribution is -2.27. The number of benzene rings is 2. The molecule has 5 rings (SSSR count). The minimum atomic E-state index is -0.660. The van der Waals surface area contributed by atoms with Crippen LogP contribution >= 0.6 is 0 Å². The van der Waals surface area contributed by atoms with Crippen LogP contribution in [0.2, 0.25) is 0 Å². The number of rotatable bonds is 6. The Bertz CT molecular complexity index is 1430. The normalized spacial score (nSPS) is 11.1. The van der Waals surface area contributed by atoms with Gasteiger partial charge < -0.3 is 11.1 Å². The van der Waals surface area contributed by atoms with Crippen molar-refractivity contribution in [1.29, 1.82) is 0 Å². The van der Waals surface area contributed by atoms with Crippen molar-refractivity contribution in [3.8, 4) is 5.69 Å². The van der Waals surface area contributed by atoms with E-state index in [-0.39, 0.29) is 12.2 Å². The van der Waals surface area contributed by atoms with Crippen LogP contribution in [0.15, 0.2) is 73.4 Å². The summed E-state index contributed by atoms with van der Waals surface area (Å²) in [5.41, 5.74) is 9.48. The quantitative estimate of drug-likeness (QED) is 0.418. The lowest BCUT2D eigenvalue weighted by atomic mass is 10.2. The van der Waals surface area contributed by atoms with Gasteiger partial charge in [0.05, 0.1) is 12.7 Å². The Morgan fingerprint density at radius 2 is 1.79 bits per heavy atom. The third kappa shape index (κ3) is 4.01. The fraction of sp³-hybridized carbons (Fsp3) is 0.0870. The molecule has 9 nitrogen and oxygen atoms in total. The molecule has 0 saturated heterocycles. The third-order valence-corrected chi connectivity index (χ3v) is 5.21. The molecule has 0 spiro atoms. The number of nitrogens with zero attached hydrogens (tertiary/aromatic N) is 6. The standard InChI is InChI=1S/C23H19FN8O/c24-18-11-30-32(12-16-4-2-1-3-5-16)20(18)23(33)26-10-15-6-8-17(9-7-15)31-14-29-19-21(25)27-13-28-22(19)31/h1-9,11,13-14H,10,12H2,(H,26,33)(H2,25,27,28). The number of hydrogen-bond donors (Lipinski definition) is 2. The Labute approximate surface area is 187 Å². The van der Waals surface area contributed by atoms with Gasteiger partial charge in [0.25, 0.3) is 5.91 Å². The number of anilines is 1. The first-order valence-electron chi connectivity index (χ1n) is 10.2. The van der Waals surface area contributed by atoms with Gasteiger partial charge in [0.2, 0.25) is 0 Å². The summed E-state index contributed by atoms with van der Waals surface area (Å²) in [6, 6.07) is 16.9. The molecular formula is C23H19FN8O. The second kappa shape index (κ2) is 8.50. The second-order valence-electron chi connectivity index (χ2n) is 7.38. The summed E-state index contributed by atoms with van der Waals surface area (Å²) in [4.78, 5) is 25.1. The van der Waals surface area contributed by atoms with Crippen LogP contribution in [0.1, 0.15) is 21.6 Å². The summed E-state index contributed by atoms with van der Waals surface area (Å²) in [5, 5.41) is 6.77. The first-order valence-corrected chi connectivity index (χ1v) is 10.2. The zero-order valence-electron chi connectivity index (χ0n) is 17.4. The maximum Gasteiger partial charge on any atom is 0.272 e. The van der Waals surface area contributed by atoms with Gasteiger partial charge in [0, 0.05) is 12.2 Å². The molecule has 0 aliphatic heterocycles. The molecule has 0 aliphatic carbocycles. The summed E-state index contributed by atoms with van der Waals surface area (Å²) in [5.74, 6) is -0.873. The summed E-state index contributed by atoms with van der Waals surface area (Å²) in [6.07, 6.45) is 4.07. The number of halogens is 1. The molecule has 33 heavy (non-hydrogen) atoms. The highest BCUT2D eigenvalue weighted by Crippen LogP contribution is 2.19. The largest absolute Gasteiger partial charge is 0.382 e. The SMILES string of the molecule is Nc1ncnc2c1ncn2-c1ccc(CNC(=O)c2c(F)cnn2Cc2ccccc2)cc1. The predicted molar refractivity (Wildman–Crippen MR) is 120 cm³/mol. The number of amides is 1. The summed E-state index contributed by atoms with van der Waals surface area (Å²) < 4.78 is 17.4. The summed E-state index contributed by atoms with van der Waals surface area (Å²) >= 11 is 0. The Kier molecular flexibility index (Phi) is 5.23. The van der Waals surface area contributed by atoms with Crippen LogP contribution in [0.25, 0.3) is 16.9 Å². The Morgan fingerprint density at radius 3 is 2.58 bits per heavy atom. The van der Waals surface area contributed by atoms with Gasteiger partial charge in [-0.1, -0.05) is 42.5 Å². The van der Waals surface area contributed by atoms with Crippen molar-refractivity contribution in [2.24, 2.45) is 0 Å². The molecule has 164 valence electrons. The topological polar surface area (TPSA) is 117 Å². The van der Waals surface area contributed by atoms with Crippen molar-refractivity contribution >= 4 is 22.9 Å². The maximum absolute atomic E-state index is 14.3. The molecule has 5 aromatic rings. The van der Waals surface area contributed by atoms with Gasteiger partial charge in [-0.25, -0.2) is 19.3 Å². The van der Waals surface area contributed by atoms with E-state index in [9.17, 15) is 9.18 Å². The average molecular weight is 442 g/mol. The molecule has 0 radical (unpaired) electrons. The van der Waals surface area contributed by atoms with Crippen LogP contribution in [0.4, 0.5) is 10.2 Å². The van der Waals surface area contributed by atoms with Gasteiger partial charge in [0.15, 0.2) is 28.5 Å². The third-order valence-electron chi connectivity index (χ3n) is 5.21. The van der Waals surface area contributed by atoms with Crippen LogP contribution in [-0.4, -0.2) is 35.2 Å². The van der Waals surface area contributed by atoms with Crippen molar-refractivity contribution in [2.45, 2.75) is 13.1 Å². The molecule has 2 aromatic carbocycles. The molecule has 1 amide bonds. The Morgan fingerprint density at radius 1 is 1.00 bits per heavy atom. The van der Waals surface area contributed by atoms with E-state index in [1.54, 1.807) is 10.9 Å². The average Bonchev–Trinajstić information content (AvgIpc) is 3.43. The summed E-state index contributed by atoms with van der Waals surface area (Å²) in [6.45, 7) is 0.532. The van der Waals surface area contributed by atoms with Gasteiger partial charge >= 0.3 is 0 Å². The summed E-state index contributed by atoms with van der Waals surface area (Å²) in [7, 11) is 0. The van der Waals surface area contributed by atoms with Crippen LogP contribution in [0.5, 0.6) is 0 Å². The van der Waals surface area contributed by atoms with Crippen molar-refractivity contribution in [3.63, 3.8) is 0 Å². The van der Waals surface area contributed by atoms with Crippen molar-refractivity contribution in [1.82, 2.24) is 34.6 Å². The van der Waals surface area contributed by atoms with E-state index in [0.29, 0.717) is 23.5 Å². The van der Waals surface area contributed by atoms with Gasteiger partial charge in [-0.15, -0.1) is 0 Å². The fourth-order valence-corrected chi connectivity index (χ4v) is 3.55. The van der Waals surface area contributed by atoms with E-state index in [1.165, 1.54) is 11.0 Å². The van der Waals surface area contributed by atoms with Crippen LogP contribution in [0, 0.1) is 5.82 Å². The highest BCUT2D eigenvalue weighted by atomic mass is 19.1. The van der Waals surface area contributed by atoms with Gasteiger partial charge in [0.1, 0.15) is 12.7 Å². The molecule has 3 N–H and O–H groups in total. The lowest BCUT2D eigenvalue weighted by molar-refractivity contribution is 0.0936. The lowest BCUT2D eigenvalue weighted by Gasteiger charge is -2.10. The van der Waals surface area contributed by atoms with Gasteiger partial charge in [-0.3, -0.25) is 14.0 Å². The highest BCUT2D eigenvalue weighted by molar-refractivity contribution is 5.92. The first-order chi connectivity index (χ1) is 16.1. The molecule has 10 heteroatoms. The molecule has 0 atom stereocenters. The van der Waals surface area contributed by atoms with E-state index < -0.39 is 11.7 Å². The molecule has 0 bridgehead atoms. The molecule has 0 aliphatic rings. The Hall–Kier alpha value is -4.60. The first kappa shape index (κ1) is 20.3. The molecule has 0 unspecified atom stereocenters. The molecule has 3 heterocycles. The van der Waals surface area contributed by atoms with Crippen molar-refractivity contribution in [2.75, 3.05) is 5.73 Å². The molecular weight excluding hydrogens is 423 g/mol. The minimum Gasteiger partial charge on any atom is -0.382 e. The molecule has 3 aromatic heterocycles. The zero-order valence-corrected chi connectivity index (χ0v) is 17.4. The number of hydrogen-bond acceptors (Lipinski definition) is 6. The highest BCUT2D eigenvalue weighted by Gasteiger charge is 2.19. The van der Waals surface area contributed by atoms with Crippen LogP contribution < -0.4 is 11.1 Å². The number of carbonyl (C=O) groups excluding carboxylic acids is 1. The van der Waals surface area contributed by atoms with Crippen molar-refractivity contribution < 1.29 is 9.18 Å². The second-order valence-corrected chi connectivity index (χ2v) is 7.38. The smallest absolute Gasteiger partial charge is 0.272 e. The van der Waals surface area contributed by atoms with Crippen LogP contribution in [-0.2, 0) is 13.1 Å².